The van der Waals surface area contributed by atoms with Crippen LogP contribution in [0.3, 0.4) is 0 Å². The monoisotopic (exact) mass is 582 g/mol. The van der Waals surface area contributed by atoms with Crippen LogP contribution in [0.1, 0.15) is 38.4 Å². The minimum atomic E-state index is -3.67. The van der Waals surface area contributed by atoms with Crippen LogP contribution in [0.25, 0.3) is 33.8 Å². The number of aromatic amines is 1. The molecule has 5 rings (SSSR count). The summed E-state index contributed by atoms with van der Waals surface area (Å²) >= 11 is 0. The lowest BCUT2D eigenvalue weighted by molar-refractivity contribution is 0.488. The maximum absolute atomic E-state index is 13.4. The molecule has 1 fully saturated rings. The van der Waals surface area contributed by atoms with Crippen molar-refractivity contribution >= 4 is 37.3 Å². The molecule has 0 bridgehead atoms. The molecule has 15 heteroatoms. The summed E-state index contributed by atoms with van der Waals surface area (Å²) in [7, 11) is -7.33. The molecule has 1 aromatic carbocycles. The van der Waals surface area contributed by atoms with Gasteiger partial charge in [0.05, 0.1) is 23.9 Å². The highest BCUT2D eigenvalue weighted by molar-refractivity contribution is 7.85. The molecule has 0 atom stereocenters. The number of aromatic nitrogens is 5. The predicted octanol–water partition coefficient (Wildman–Crippen LogP) is 3.75. The number of nitrogens with zero attached hydrogens (tertiary/aromatic N) is 4. The quantitative estimate of drug-likeness (QED) is 0.252. The average molecular weight is 583 g/mol. The van der Waals surface area contributed by atoms with E-state index in [2.05, 4.69) is 23.8 Å². The number of fused-ring (bicyclic) bond motifs is 1. The van der Waals surface area contributed by atoms with Crippen LogP contribution in [0.2, 0.25) is 0 Å². The third kappa shape index (κ3) is 9.38. The molecule has 3 heterocycles. The summed E-state index contributed by atoms with van der Waals surface area (Å²) < 4.78 is 67.1. The number of nitrogens with one attached hydrogen (secondary N) is 1. The van der Waals surface area contributed by atoms with Gasteiger partial charge in [-0.3, -0.25) is 13.7 Å². The fourth-order valence-electron chi connectivity index (χ4n) is 3.65. The number of nitrogens with two attached hydrogens (primary N) is 1. The van der Waals surface area contributed by atoms with Crippen molar-refractivity contribution in [1.82, 2.24) is 24.5 Å². The predicted molar refractivity (Wildman–Crippen MR) is 147 cm³/mol. The molecule has 0 spiro atoms. The second-order valence-electron chi connectivity index (χ2n) is 9.61. The fraction of sp³-hybridized carbons (Fsp3) is 0.375. The summed E-state index contributed by atoms with van der Waals surface area (Å²) in [5.74, 6) is 2.06. The Bertz CT molecular complexity index is 1620. The van der Waals surface area contributed by atoms with Gasteiger partial charge in [0.25, 0.3) is 20.2 Å². The maximum Gasteiger partial charge on any atom is 0.261 e. The van der Waals surface area contributed by atoms with Gasteiger partial charge in [-0.05, 0) is 55.2 Å². The summed E-state index contributed by atoms with van der Waals surface area (Å²) in [6.45, 7) is 5.02. The minimum absolute atomic E-state index is 0.259. The van der Waals surface area contributed by atoms with Crippen molar-refractivity contribution in [1.29, 1.82) is 0 Å². The Labute approximate surface area is 226 Å². The van der Waals surface area contributed by atoms with Crippen molar-refractivity contribution < 1.29 is 30.3 Å². The first kappa shape index (κ1) is 30.1. The molecule has 4 aromatic rings. The summed E-state index contributed by atoms with van der Waals surface area (Å²) in [5.41, 5.74) is 10.9. The number of nitrogen functional groups attached to an aromatic ring is 1. The van der Waals surface area contributed by atoms with Gasteiger partial charge in [0, 0.05) is 18.0 Å². The van der Waals surface area contributed by atoms with E-state index < -0.39 is 20.2 Å². The number of benzene rings is 1. The number of hydrogen-bond donors (Lipinski definition) is 4. The molecule has 1 aliphatic carbocycles. The van der Waals surface area contributed by atoms with E-state index in [0.29, 0.717) is 30.3 Å². The summed E-state index contributed by atoms with van der Waals surface area (Å²) in [4.78, 5) is 17.7. The number of H-pyrrole nitrogens is 1. The van der Waals surface area contributed by atoms with Crippen LogP contribution < -0.4 is 5.73 Å². The van der Waals surface area contributed by atoms with Crippen LogP contribution in [0, 0.1) is 11.7 Å². The molecular weight excluding hydrogens is 551 g/mol. The molecule has 212 valence electrons. The van der Waals surface area contributed by atoms with E-state index in [0.717, 1.165) is 59.0 Å². The molecule has 12 nitrogen and oxygen atoms in total. The third-order valence-corrected chi connectivity index (χ3v) is 5.23. The SMILES string of the molecule is CC(C)Cn1c(N)nc2ccc(-c3nc(C4CC4)[nH]c3-c3ccc(F)cc3)nc21.CS(=O)(=O)O.CS(=O)(=O)O. The van der Waals surface area contributed by atoms with Gasteiger partial charge in [-0.2, -0.15) is 16.8 Å². The maximum atomic E-state index is 13.4. The Kier molecular flexibility index (Phi) is 9.10. The van der Waals surface area contributed by atoms with Gasteiger partial charge >= 0.3 is 0 Å². The van der Waals surface area contributed by atoms with Gasteiger partial charge in [-0.1, -0.05) is 13.8 Å². The molecule has 0 radical (unpaired) electrons. The number of rotatable bonds is 5. The van der Waals surface area contributed by atoms with Crippen LogP contribution in [-0.4, -0.2) is 63.0 Å². The minimum Gasteiger partial charge on any atom is -0.369 e. The Morgan fingerprint density at radius 3 is 2.08 bits per heavy atom. The lowest BCUT2D eigenvalue weighted by Gasteiger charge is -2.09. The molecule has 1 saturated carbocycles. The second-order valence-corrected chi connectivity index (χ2v) is 12.5. The standard InChI is InChI=1S/C22H23FN6.2CH4O3S/c1-12(2)11-29-21-17(26-22(29)24)10-9-16(25-21)19-18(13-5-7-15(23)8-6-13)27-20(28-19)14-3-4-14;2*1-5(2,3)4/h5-10,12,14H,3-4,11H2,1-2H3,(H2,24,26)(H,27,28);2*1H3,(H,2,3,4). The van der Waals surface area contributed by atoms with Crippen molar-refractivity contribution in [2.24, 2.45) is 5.92 Å². The van der Waals surface area contributed by atoms with Gasteiger partial charge in [-0.25, -0.2) is 19.3 Å². The van der Waals surface area contributed by atoms with E-state index >= 15 is 0 Å². The molecular formula is C24H31FN6O6S2. The molecule has 3 aromatic heterocycles. The third-order valence-electron chi connectivity index (χ3n) is 5.23. The van der Waals surface area contributed by atoms with Crippen molar-refractivity contribution in [2.75, 3.05) is 18.2 Å². The molecule has 5 N–H and O–H groups in total. The van der Waals surface area contributed by atoms with E-state index in [4.69, 9.17) is 24.8 Å². The van der Waals surface area contributed by atoms with Crippen LogP contribution in [0.5, 0.6) is 0 Å². The molecule has 1 aliphatic rings. The Morgan fingerprint density at radius 2 is 1.56 bits per heavy atom. The van der Waals surface area contributed by atoms with Gasteiger partial charge < -0.3 is 10.7 Å². The van der Waals surface area contributed by atoms with Crippen molar-refractivity contribution in [2.45, 2.75) is 39.2 Å². The first-order valence-electron chi connectivity index (χ1n) is 11.8. The van der Waals surface area contributed by atoms with Crippen molar-refractivity contribution in [3.05, 3.63) is 48.0 Å². The number of halogens is 1. The smallest absolute Gasteiger partial charge is 0.261 e. The Hall–Kier alpha value is -3.40. The Morgan fingerprint density at radius 1 is 1.00 bits per heavy atom. The van der Waals surface area contributed by atoms with Crippen molar-refractivity contribution in [3.8, 4) is 22.6 Å². The van der Waals surface area contributed by atoms with Gasteiger partial charge in [0.15, 0.2) is 5.65 Å². The first-order valence-corrected chi connectivity index (χ1v) is 15.5. The number of anilines is 1. The van der Waals surface area contributed by atoms with Crippen LogP contribution in [0.15, 0.2) is 36.4 Å². The average Bonchev–Trinajstić information content (AvgIpc) is 3.47. The number of imidazole rings is 2. The molecule has 39 heavy (non-hydrogen) atoms. The van der Waals surface area contributed by atoms with E-state index in [1.165, 1.54) is 12.1 Å². The molecule has 0 saturated heterocycles. The Balaban J connectivity index is 0.000000362. The van der Waals surface area contributed by atoms with Crippen LogP contribution >= 0.6 is 0 Å². The topological polar surface area (TPSA) is 194 Å². The largest absolute Gasteiger partial charge is 0.369 e. The van der Waals surface area contributed by atoms with Crippen molar-refractivity contribution in [3.63, 3.8) is 0 Å². The summed E-state index contributed by atoms with van der Waals surface area (Å²) in [5, 5.41) is 0. The number of pyridine rings is 1. The zero-order valence-electron chi connectivity index (χ0n) is 21.8. The van der Waals surface area contributed by atoms with Gasteiger partial charge in [-0.15, -0.1) is 0 Å². The highest BCUT2D eigenvalue weighted by Crippen LogP contribution is 2.41. The summed E-state index contributed by atoms with van der Waals surface area (Å²) in [6, 6.07) is 10.3. The van der Waals surface area contributed by atoms with E-state index in [9.17, 15) is 21.2 Å². The zero-order valence-corrected chi connectivity index (χ0v) is 23.5. The van der Waals surface area contributed by atoms with E-state index in [1.807, 2.05) is 16.7 Å². The molecule has 0 unspecified atom stereocenters. The molecule has 0 amide bonds. The lowest BCUT2D eigenvalue weighted by Crippen LogP contribution is -2.08. The summed E-state index contributed by atoms with van der Waals surface area (Å²) in [6.07, 6.45) is 3.71. The fourth-order valence-corrected chi connectivity index (χ4v) is 3.65. The number of hydrogen-bond acceptors (Lipinski definition) is 8. The van der Waals surface area contributed by atoms with Gasteiger partial charge in [0.2, 0.25) is 5.95 Å². The highest BCUT2D eigenvalue weighted by atomic mass is 32.2. The normalized spacial score (nSPS) is 13.5. The lowest BCUT2D eigenvalue weighted by atomic mass is 10.1. The first-order chi connectivity index (χ1) is 18.0. The van der Waals surface area contributed by atoms with Gasteiger partial charge in [0.1, 0.15) is 22.9 Å². The molecule has 0 aliphatic heterocycles. The van der Waals surface area contributed by atoms with E-state index in [1.54, 1.807) is 12.1 Å². The van der Waals surface area contributed by atoms with E-state index in [-0.39, 0.29) is 5.82 Å². The highest BCUT2D eigenvalue weighted by Gasteiger charge is 2.29. The van der Waals surface area contributed by atoms with Crippen LogP contribution in [-0.2, 0) is 26.8 Å². The van der Waals surface area contributed by atoms with Crippen LogP contribution in [0.4, 0.5) is 10.3 Å². The second kappa shape index (κ2) is 11.8. The zero-order chi connectivity index (χ0) is 29.1.